The highest BCUT2D eigenvalue weighted by molar-refractivity contribution is 7.87. The van der Waals surface area contributed by atoms with E-state index in [1.807, 2.05) is 0 Å². The molecule has 0 fully saturated rings. The molecule has 0 saturated carbocycles. The Kier molecular flexibility index (Phi) is 4.68. The standard InChI is InChI=1S/C18H13N5O4S/c24-28(25,17-5-3-4-14(12-17)23-13-20-21-22-23)27-16-9-7-15(8-10-16)26-18-6-1-2-11-19-18/h1-13H. The Bertz CT molecular complexity index is 1160. The van der Waals surface area contributed by atoms with Gasteiger partial charge in [-0.3, -0.25) is 0 Å². The summed E-state index contributed by atoms with van der Waals surface area (Å²) < 4.78 is 37.3. The van der Waals surface area contributed by atoms with E-state index in [0.717, 1.165) is 0 Å². The number of hydrogen-bond acceptors (Lipinski definition) is 8. The fourth-order valence-corrected chi connectivity index (χ4v) is 3.30. The van der Waals surface area contributed by atoms with Crippen molar-refractivity contribution in [2.24, 2.45) is 0 Å². The number of tetrazole rings is 1. The van der Waals surface area contributed by atoms with Gasteiger partial charge >= 0.3 is 10.1 Å². The number of rotatable bonds is 6. The zero-order valence-corrected chi connectivity index (χ0v) is 15.1. The third-order valence-corrected chi connectivity index (χ3v) is 4.85. The lowest BCUT2D eigenvalue weighted by atomic mass is 10.3. The van der Waals surface area contributed by atoms with Crippen LogP contribution >= 0.6 is 0 Å². The summed E-state index contributed by atoms with van der Waals surface area (Å²) in [5.41, 5.74) is 0.494. The summed E-state index contributed by atoms with van der Waals surface area (Å²) in [4.78, 5) is 4.04. The van der Waals surface area contributed by atoms with E-state index >= 15 is 0 Å². The second kappa shape index (κ2) is 7.45. The first-order valence-electron chi connectivity index (χ1n) is 8.07. The van der Waals surface area contributed by atoms with Gasteiger partial charge in [-0.05, 0) is 59.0 Å². The van der Waals surface area contributed by atoms with Gasteiger partial charge in [0.25, 0.3) is 0 Å². The van der Waals surface area contributed by atoms with Crippen LogP contribution in [0.2, 0.25) is 0 Å². The van der Waals surface area contributed by atoms with E-state index in [1.165, 1.54) is 35.3 Å². The van der Waals surface area contributed by atoms with E-state index < -0.39 is 10.1 Å². The van der Waals surface area contributed by atoms with Crippen molar-refractivity contribution in [1.29, 1.82) is 0 Å². The number of benzene rings is 2. The van der Waals surface area contributed by atoms with Gasteiger partial charge in [0.05, 0.1) is 5.69 Å². The fourth-order valence-electron chi connectivity index (χ4n) is 2.33. The van der Waals surface area contributed by atoms with Crippen LogP contribution in [0.1, 0.15) is 0 Å². The molecule has 0 radical (unpaired) electrons. The molecule has 10 heteroatoms. The Morgan fingerprint density at radius 1 is 0.893 bits per heavy atom. The van der Waals surface area contributed by atoms with Crippen molar-refractivity contribution >= 4 is 10.1 Å². The van der Waals surface area contributed by atoms with E-state index in [2.05, 4.69) is 20.5 Å². The summed E-state index contributed by atoms with van der Waals surface area (Å²) in [7, 11) is -4.03. The van der Waals surface area contributed by atoms with Crippen LogP contribution in [-0.2, 0) is 10.1 Å². The molecular weight excluding hydrogens is 382 g/mol. The lowest BCUT2D eigenvalue weighted by molar-refractivity contribution is 0.459. The maximum atomic E-state index is 12.6. The topological polar surface area (TPSA) is 109 Å². The first kappa shape index (κ1) is 17.6. The third kappa shape index (κ3) is 3.96. The van der Waals surface area contributed by atoms with Crippen LogP contribution in [0.25, 0.3) is 5.69 Å². The molecule has 2 aromatic heterocycles. The minimum atomic E-state index is -4.03. The first-order chi connectivity index (χ1) is 13.6. The molecule has 0 spiro atoms. The summed E-state index contributed by atoms with van der Waals surface area (Å²) in [6.07, 6.45) is 2.98. The molecule has 2 heterocycles. The highest BCUT2D eigenvalue weighted by Crippen LogP contribution is 2.25. The molecule has 0 aliphatic rings. The van der Waals surface area contributed by atoms with Gasteiger partial charge in [0, 0.05) is 12.3 Å². The molecule has 4 aromatic rings. The molecular formula is C18H13N5O4S. The lowest BCUT2D eigenvalue weighted by Gasteiger charge is -2.09. The zero-order chi connectivity index (χ0) is 19.4. The summed E-state index contributed by atoms with van der Waals surface area (Å²) in [6, 6.07) is 17.6. The maximum absolute atomic E-state index is 12.6. The van der Waals surface area contributed by atoms with Gasteiger partial charge in [0.15, 0.2) is 0 Å². The van der Waals surface area contributed by atoms with Crippen molar-refractivity contribution in [2.45, 2.75) is 4.90 Å². The average Bonchev–Trinajstić information content (AvgIpc) is 3.25. The second-order valence-corrected chi connectivity index (χ2v) is 7.08. The molecule has 2 aromatic carbocycles. The van der Waals surface area contributed by atoms with Crippen molar-refractivity contribution in [3.05, 3.63) is 79.3 Å². The maximum Gasteiger partial charge on any atom is 0.339 e. The Morgan fingerprint density at radius 2 is 1.71 bits per heavy atom. The van der Waals surface area contributed by atoms with E-state index in [9.17, 15) is 8.42 Å². The fraction of sp³-hybridized carbons (Fsp3) is 0. The number of pyridine rings is 1. The van der Waals surface area contributed by atoms with Gasteiger partial charge in [-0.1, -0.05) is 12.1 Å². The minimum absolute atomic E-state index is 0.0192. The Morgan fingerprint density at radius 3 is 2.43 bits per heavy atom. The highest BCUT2D eigenvalue weighted by atomic mass is 32.2. The monoisotopic (exact) mass is 395 g/mol. The molecule has 0 amide bonds. The van der Waals surface area contributed by atoms with E-state index in [4.69, 9.17) is 8.92 Å². The summed E-state index contributed by atoms with van der Waals surface area (Å²) in [5, 5.41) is 10.8. The van der Waals surface area contributed by atoms with Crippen LogP contribution in [-0.4, -0.2) is 33.6 Å². The van der Waals surface area contributed by atoms with Gasteiger partial charge in [-0.25, -0.2) is 9.67 Å². The molecule has 0 unspecified atom stereocenters. The molecule has 140 valence electrons. The van der Waals surface area contributed by atoms with E-state index in [-0.39, 0.29) is 10.6 Å². The molecule has 28 heavy (non-hydrogen) atoms. The highest BCUT2D eigenvalue weighted by Gasteiger charge is 2.18. The van der Waals surface area contributed by atoms with Gasteiger partial charge in [0.2, 0.25) is 5.88 Å². The average molecular weight is 395 g/mol. The number of nitrogens with zero attached hydrogens (tertiary/aromatic N) is 5. The van der Waals surface area contributed by atoms with Crippen LogP contribution in [0, 0.1) is 0 Å². The van der Waals surface area contributed by atoms with Crippen molar-refractivity contribution in [2.75, 3.05) is 0 Å². The van der Waals surface area contributed by atoms with Gasteiger partial charge in [-0.2, -0.15) is 8.42 Å². The Balaban J connectivity index is 1.51. The van der Waals surface area contributed by atoms with Crippen molar-refractivity contribution in [1.82, 2.24) is 25.2 Å². The molecule has 0 N–H and O–H groups in total. The number of ether oxygens (including phenoxy) is 1. The Hall–Kier alpha value is -3.79. The van der Waals surface area contributed by atoms with E-state index in [1.54, 1.807) is 48.7 Å². The molecule has 0 aliphatic heterocycles. The molecule has 0 saturated heterocycles. The first-order valence-corrected chi connectivity index (χ1v) is 9.48. The predicted molar refractivity (Wildman–Crippen MR) is 97.7 cm³/mol. The van der Waals surface area contributed by atoms with Gasteiger partial charge < -0.3 is 8.92 Å². The van der Waals surface area contributed by atoms with Crippen LogP contribution in [0.5, 0.6) is 17.4 Å². The molecule has 0 bridgehead atoms. The SMILES string of the molecule is O=S(=O)(Oc1ccc(Oc2ccccn2)cc1)c1cccc(-n2cnnn2)c1. The minimum Gasteiger partial charge on any atom is -0.439 e. The summed E-state index contributed by atoms with van der Waals surface area (Å²) in [6.45, 7) is 0. The normalized spacial score (nSPS) is 11.1. The number of hydrogen-bond donors (Lipinski definition) is 0. The van der Waals surface area contributed by atoms with Crippen molar-refractivity contribution in [3.8, 4) is 23.1 Å². The number of aromatic nitrogens is 5. The van der Waals surface area contributed by atoms with Crippen LogP contribution < -0.4 is 8.92 Å². The molecule has 9 nitrogen and oxygen atoms in total. The lowest BCUT2D eigenvalue weighted by Crippen LogP contribution is -2.10. The van der Waals surface area contributed by atoms with Crippen molar-refractivity contribution < 1.29 is 17.3 Å². The Labute approximate surface area is 160 Å². The predicted octanol–water partition coefficient (Wildman–Crippen LogP) is 2.62. The van der Waals surface area contributed by atoms with Gasteiger partial charge in [0.1, 0.15) is 22.7 Å². The summed E-state index contributed by atoms with van der Waals surface area (Å²) >= 11 is 0. The van der Waals surface area contributed by atoms with Crippen molar-refractivity contribution in [3.63, 3.8) is 0 Å². The van der Waals surface area contributed by atoms with Crippen LogP contribution in [0.4, 0.5) is 0 Å². The second-order valence-electron chi connectivity index (χ2n) is 5.53. The van der Waals surface area contributed by atoms with Crippen LogP contribution in [0.3, 0.4) is 0 Å². The molecule has 0 atom stereocenters. The third-order valence-electron chi connectivity index (χ3n) is 3.61. The van der Waals surface area contributed by atoms with Crippen LogP contribution in [0.15, 0.2) is 84.1 Å². The smallest absolute Gasteiger partial charge is 0.339 e. The van der Waals surface area contributed by atoms with E-state index in [0.29, 0.717) is 17.3 Å². The summed E-state index contributed by atoms with van der Waals surface area (Å²) in [5.74, 6) is 1.09. The molecule has 4 rings (SSSR count). The molecule has 0 aliphatic carbocycles. The zero-order valence-electron chi connectivity index (χ0n) is 14.3. The largest absolute Gasteiger partial charge is 0.439 e. The van der Waals surface area contributed by atoms with Gasteiger partial charge in [-0.15, -0.1) is 5.10 Å². The quantitative estimate of drug-likeness (QED) is 0.458.